The van der Waals surface area contributed by atoms with Gasteiger partial charge < -0.3 is 9.64 Å². The van der Waals surface area contributed by atoms with E-state index < -0.39 is 5.97 Å². The lowest BCUT2D eigenvalue weighted by Crippen LogP contribution is -2.41. The topological polar surface area (TPSA) is 46.6 Å². The first kappa shape index (κ1) is 12.7. The summed E-state index contributed by atoms with van der Waals surface area (Å²) in [5.41, 5.74) is 0. The van der Waals surface area contributed by atoms with Gasteiger partial charge in [-0.15, -0.1) is 0 Å². The standard InChI is InChI=1S/C12H19NO3/c1-4-12(15)16-10-6-5-7-11(14)13(8-10)9(2)3/h4,9-10H,1,5-8H2,2-3H3. The summed E-state index contributed by atoms with van der Waals surface area (Å²) in [6.07, 6.45) is 3.03. The molecule has 4 nitrogen and oxygen atoms in total. The minimum absolute atomic E-state index is 0.146. The molecule has 16 heavy (non-hydrogen) atoms. The van der Waals surface area contributed by atoms with Gasteiger partial charge in [0.2, 0.25) is 5.91 Å². The summed E-state index contributed by atoms with van der Waals surface area (Å²) in [6.45, 7) is 7.80. The van der Waals surface area contributed by atoms with E-state index in [4.69, 9.17) is 4.74 Å². The predicted molar refractivity (Wildman–Crippen MR) is 60.8 cm³/mol. The fourth-order valence-corrected chi connectivity index (χ4v) is 1.84. The summed E-state index contributed by atoms with van der Waals surface area (Å²) in [5, 5.41) is 0. The van der Waals surface area contributed by atoms with Crippen LogP contribution in [0.1, 0.15) is 33.1 Å². The summed E-state index contributed by atoms with van der Waals surface area (Å²) >= 11 is 0. The lowest BCUT2D eigenvalue weighted by molar-refractivity contribution is -0.146. The lowest BCUT2D eigenvalue weighted by Gasteiger charge is -2.27. The van der Waals surface area contributed by atoms with Crippen LogP contribution >= 0.6 is 0 Å². The summed E-state index contributed by atoms with van der Waals surface area (Å²) in [4.78, 5) is 24.6. The van der Waals surface area contributed by atoms with E-state index in [1.807, 2.05) is 13.8 Å². The lowest BCUT2D eigenvalue weighted by atomic mass is 10.2. The SMILES string of the molecule is C=CC(=O)OC1CCCC(=O)N(C(C)C)C1. The molecule has 0 aromatic carbocycles. The van der Waals surface area contributed by atoms with Gasteiger partial charge in [-0.3, -0.25) is 4.79 Å². The summed E-state index contributed by atoms with van der Waals surface area (Å²) in [5.74, 6) is -0.268. The molecule has 0 aromatic heterocycles. The van der Waals surface area contributed by atoms with Gasteiger partial charge in [-0.1, -0.05) is 6.58 Å². The summed E-state index contributed by atoms with van der Waals surface area (Å²) in [7, 11) is 0. The Morgan fingerprint density at radius 1 is 1.62 bits per heavy atom. The molecule has 1 aliphatic heterocycles. The third kappa shape index (κ3) is 3.36. The molecular formula is C12H19NO3. The van der Waals surface area contributed by atoms with Gasteiger partial charge in [0.1, 0.15) is 6.10 Å². The zero-order valence-corrected chi connectivity index (χ0v) is 9.94. The molecule has 0 spiro atoms. The minimum atomic E-state index is -0.414. The number of carbonyl (C=O) groups excluding carboxylic acids is 2. The number of nitrogens with zero attached hydrogens (tertiary/aromatic N) is 1. The molecule has 1 atom stereocenters. The smallest absolute Gasteiger partial charge is 0.330 e. The highest BCUT2D eigenvalue weighted by Crippen LogP contribution is 2.16. The van der Waals surface area contributed by atoms with Crippen molar-refractivity contribution in [1.82, 2.24) is 4.90 Å². The molecule has 0 radical (unpaired) electrons. The van der Waals surface area contributed by atoms with E-state index in [-0.39, 0.29) is 18.1 Å². The molecular weight excluding hydrogens is 206 g/mol. The maximum atomic E-state index is 11.7. The van der Waals surface area contributed by atoms with Crippen LogP contribution < -0.4 is 0 Å². The van der Waals surface area contributed by atoms with Crippen LogP contribution in [0, 0.1) is 0 Å². The molecule has 0 aliphatic carbocycles. The van der Waals surface area contributed by atoms with Gasteiger partial charge in [-0.05, 0) is 26.7 Å². The first-order valence-electron chi connectivity index (χ1n) is 5.67. The number of carbonyl (C=O) groups is 2. The predicted octanol–water partition coefficient (Wildman–Crippen LogP) is 1.51. The van der Waals surface area contributed by atoms with E-state index in [0.717, 1.165) is 18.9 Å². The van der Waals surface area contributed by atoms with Crippen molar-refractivity contribution in [2.45, 2.75) is 45.3 Å². The number of hydrogen-bond acceptors (Lipinski definition) is 3. The third-order valence-electron chi connectivity index (χ3n) is 2.71. The van der Waals surface area contributed by atoms with Gasteiger partial charge in [0.25, 0.3) is 0 Å². The highest BCUT2D eigenvalue weighted by Gasteiger charge is 2.26. The van der Waals surface area contributed by atoms with Gasteiger partial charge in [-0.25, -0.2) is 4.79 Å². The van der Waals surface area contributed by atoms with Crippen molar-refractivity contribution in [3.8, 4) is 0 Å². The Bertz CT molecular complexity index is 286. The molecule has 1 rings (SSSR count). The Balaban J connectivity index is 2.63. The second kappa shape index (κ2) is 5.68. The second-order valence-corrected chi connectivity index (χ2v) is 4.30. The van der Waals surface area contributed by atoms with Gasteiger partial charge in [0, 0.05) is 18.5 Å². The molecule has 1 fully saturated rings. The quantitative estimate of drug-likeness (QED) is 0.540. The Morgan fingerprint density at radius 3 is 2.88 bits per heavy atom. The highest BCUT2D eigenvalue weighted by atomic mass is 16.5. The van der Waals surface area contributed by atoms with Crippen LogP contribution in [-0.4, -0.2) is 35.5 Å². The molecule has 1 unspecified atom stereocenters. The first-order valence-corrected chi connectivity index (χ1v) is 5.67. The summed E-state index contributed by atoms with van der Waals surface area (Å²) < 4.78 is 5.20. The molecule has 1 heterocycles. The van der Waals surface area contributed by atoms with Crippen LogP contribution in [0.25, 0.3) is 0 Å². The fraction of sp³-hybridized carbons (Fsp3) is 0.667. The van der Waals surface area contributed by atoms with Gasteiger partial charge in [0.05, 0.1) is 6.54 Å². The Morgan fingerprint density at radius 2 is 2.31 bits per heavy atom. The maximum absolute atomic E-state index is 11.7. The largest absolute Gasteiger partial charge is 0.457 e. The zero-order valence-electron chi connectivity index (χ0n) is 9.94. The number of esters is 1. The zero-order chi connectivity index (χ0) is 12.1. The number of hydrogen-bond donors (Lipinski definition) is 0. The first-order chi connectivity index (χ1) is 7.54. The normalized spacial score (nSPS) is 21.8. The van der Waals surface area contributed by atoms with Crippen molar-refractivity contribution in [2.75, 3.05) is 6.54 Å². The molecule has 4 heteroatoms. The Kier molecular flexibility index (Phi) is 4.52. The fourth-order valence-electron chi connectivity index (χ4n) is 1.84. The van der Waals surface area contributed by atoms with Crippen LogP contribution in [0.5, 0.6) is 0 Å². The molecule has 0 aromatic rings. The van der Waals surface area contributed by atoms with Crippen molar-refractivity contribution in [3.63, 3.8) is 0 Å². The van der Waals surface area contributed by atoms with Crippen LogP contribution in [0.4, 0.5) is 0 Å². The number of amides is 1. The highest BCUT2D eigenvalue weighted by molar-refractivity contribution is 5.81. The maximum Gasteiger partial charge on any atom is 0.330 e. The van der Waals surface area contributed by atoms with Crippen molar-refractivity contribution < 1.29 is 14.3 Å². The second-order valence-electron chi connectivity index (χ2n) is 4.30. The van der Waals surface area contributed by atoms with Crippen LogP contribution in [0.2, 0.25) is 0 Å². The number of ether oxygens (including phenoxy) is 1. The number of rotatable bonds is 3. The van der Waals surface area contributed by atoms with E-state index in [2.05, 4.69) is 6.58 Å². The number of likely N-dealkylation sites (tertiary alicyclic amines) is 1. The monoisotopic (exact) mass is 225 g/mol. The van der Waals surface area contributed by atoms with E-state index >= 15 is 0 Å². The molecule has 90 valence electrons. The van der Waals surface area contributed by atoms with E-state index in [1.54, 1.807) is 4.90 Å². The van der Waals surface area contributed by atoms with Gasteiger partial charge >= 0.3 is 5.97 Å². The van der Waals surface area contributed by atoms with Crippen LogP contribution in [0.3, 0.4) is 0 Å². The average molecular weight is 225 g/mol. The molecule has 1 saturated heterocycles. The minimum Gasteiger partial charge on any atom is -0.457 e. The van der Waals surface area contributed by atoms with E-state index in [1.165, 1.54) is 0 Å². The molecule has 1 amide bonds. The van der Waals surface area contributed by atoms with E-state index in [0.29, 0.717) is 13.0 Å². The Labute approximate surface area is 96.3 Å². The molecule has 1 aliphatic rings. The van der Waals surface area contributed by atoms with Gasteiger partial charge in [0.15, 0.2) is 0 Å². The third-order valence-corrected chi connectivity index (χ3v) is 2.71. The van der Waals surface area contributed by atoms with Crippen LogP contribution in [0.15, 0.2) is 12.7 Å². The molecule has 0 N–H and O–H groups in total. The molecule has 0 saturated carbocycles. The van der Waals surface area contributed by atoms with Crippen LogP contribution in [-0.2, 0) is 14.3 Å². The van der Waals surface area contributed by atoms with E-state index in [9.17, 15) is 9.59 Å². The van der Waals surface area contributed by atoms with Crippen molar-refractivity contribution in [2.24, 2.45) is 0 Å². The van der Waals surface area contributed by atoms with Crippen molar-refractivity contribution in [1.29, 1.82) is 0 Å². The Hall–Kier alpha value is -1.32. The summed E-state index contributed by atoms with van der Waals surface area (Å²) in [6, 6.07) is 0.149. The van der Waals surface area contributed by atoms with Crippen molar-refractivity contribution >= 4 is 11.9 Å². The van der Waals surface area contributed by atoms with Crippen molar-refractivity contribution in [3.05, 3.63) is 12.7 Å². The van der Waals surface area contributed by atoms with Gasteiger partial charge in [-0.2, -0.15) is 0 Å². The molecule has 0 bridgehead atoms. The average Bonchev–Trinajstić information content (AvgIpc) is 2.40.